The molecule has 0 aromatic heterocycles. The van der Waals surface area contributed by atoms with Crippen molar-refractivity contribution in [3.63, 3.8) is 0 Å². The number of nitrogens with zero attached hydrogens (tertiary/aromatic N) is 1. The van der Waals surface area contributed by atoms with Crippen LogP contribution >= 0.6 is 0 Å². The molecular weight excluding hydrogens is 394 g/mol. The number of carbonyl (C=O) groups excluding carboxylic acids is 3. The monoisotopic (exact) mass is 429 g/mol. The quantitative estimate of drug-likeness (QED) is 0.624. The van der Waals surface area contributed by atoms with Gasteiger partial charge in [-0.2, -0.15) is 0 Å². The molecule has 1 aromatic carbocycles. The Kier molecular flexibility index (Phi) is 8.32. The normalized spacial score (nSPS) is 20.6. The van der Waals surface area contributed by atoms with Gasteiger partial charge in [-0.3, -0.25) is 19.3 Å². The molecule has 2 N–H and O–H groups in total. The summed E-state index contributed by atoms with van der Waals surface area (Å²) in [5, 5.41) is 5.80. The first-order chi connectivity index (χ1) is 15.0. The molecule has 1 saturated carbocycles. The standard InChI is InChI=1S/C24H35N3O4/c1-3-5-6-17-7-9-18(10-8-17)24(30)26-19-11-12-21-20(14-19)27(23(29)16-31-21)15-22(28)25-13-4-2/h11-12,14,17-18H,3-10,13,15-16H2,1-2H3,(H,25,28)(H,26,30). The van der Waals surface area contributed by atoms with E-state index < -0.39 is 0 Å². The Hall–Kier alpha value is -2.57. The van der Waals surface area contributed by atoms with E-state index in [2.05, 4.69) is 17.6 Å². The fourth-order valence-corrected chi connectivity index (χ4v) is 4.37. The van der Waals surface area contributed by atoms with Gasteiger partial charge in [-0.25, -0.2) is 0 Å². The minimum atomic E-state index is -0.270. The first-order valence-corrected chi connectivity index (χ1v) is 11.7. The van der Waals surface area contributed by atoms with E-state index in [1.807, 2.05) is 6.92 Å². The largest absolute Gasteiger partial charge is 0.482 e. The Bertz CT molecular complexity index is 787. The molecule has 0 spiro atoms. The molecule has 1 aliphatic heterocycles. The lowest BCUT2D eigenvalue weighted by Crippen LogP contribution is -2.45. The molecule has 3 rings (SSSR count). The summed E-state index contributed by atoms with van der Waals surface area (Å²) in [6.45, 7) is 4.60. The molecular formula is C24H35N3O4. The number of carbonyl (C=O) groups is 3. The molecule has 1 fully saturated rings. The van der Waals surface area contributed by atoms with Gasteiger partial charge in [0.25, 0.3) is 5.91 Å². The van der Waals surface area contributed by atoms with Crippen LogP contribution in [0.4, 0.5) is 11.4 Å². The molecule has 0 atom stereocenters. The van der Waals surface area contributed by atoms with Gasteiger partial charge in [-0.05, 0) is 56.2 Å². The van der Waals surface area contributed by atoms with Crippen molar-refractivity contribution in [2.75, 3.05) is 29.9 Å². The Morgan fingerprint density at radius 2 is 1.90 bits per heavy atom. The topological polar surface area (TPSA) is 87.7 Å². The van der Waals surface area contributed by atoms with E-state index in [4.69, 9.17) is 4.74 Å². The van der Waals surface area contributed by atoms with Gasteiger partial charge in [-0.15, -0.1) is 0 Å². The lowest BCUT2D eigenvalue weighted by atomic mass is 9.79. The number of fused-ring (bicyclic) bond motifs is 1. The fourth-order valence-electron chi connectivity index (χ4n) is 4.37. The van der Waals surface area contributed by atoms with Crippen molar-refractivity contribution >= 4 is 29.1 Å². The molecule has 0 radical (unpaired) electrons. The maximum Gasteiger partial charge on any atom is 0.265 e. The number of hydrogen-bond donors (Lipinski definition) is 2. The first-order valence-electron chi connectivity index (χ1n) is 11.7. The highest BCUT2D eigenvalue weighted by molar-refractivity contribution is 6.03. The van der Waals surface area contributed by atoms with E-state index in [-0.39, 0.29) is 36.8 Å². The highest BCUT2D eigenvalue weighted by Gasteiger charge is 2.29. The number of nitrogens with one attached hydrogen (secondary N) is 2. The molecule has 0 saturated heterocycles. The molecule has 31 heavy (non-hydrogen) atoms. The Balaban J connectivity index is 1.63. The highest BCUT2D eigenvalue weighted by Crippen LogP contribution is 2.36. The maximum atomic E-state index is 12.8. The second-order valence-corrected chi connectivity index (χ2v) is 8.65. The SMILES string of the molecule is CCCCC1CCC(C(=O)Nc2ccc3c(c2)N(CC(=O)NCCC)C(=O)CO3)CC1. The van der Waals surface area contributed by atoms with Crippen LogP contribution in [0.1, 0.15) is 65.2 Å². The van der Waals surface area contributed by atoms with Crippen molar-refractivity contribution in [2.45, 2.75) is 65.2 Å². The van der Waals surface area contributed by atoms with Gasteiger partial charge in [0, 0.05) is 18.2 Å². The number of benzene rings is 1. The van der Waals surface area contributed by atoms with Gasteiger partial charge in [0.2, 0.25) is 11.8 Å². The van der Waals surface area contributed by atoms with Crippen molar-refractivity contribution in [2.24, 2.45) is 11.8 Å². The minimum Gasteiger partial charge on any atom is -0.482 e. The average Bonchev–Trinajstić information content (AvgIpc) is 2.78. The zero-order chi connectivity index (χ0) is 22.2. The van der Waals surface area contributed by atoms with Crippen molar-refractivity contribution in [3.8, 4) is 5.75 Å². The van der Waals surface area contributed by atoms with Crippen LogP contribution in [-0.2, 0) is 14.4 Å². The molecule has 3 amide bonds. The predicted molar refractivity (Wildman–Crippen MR) is 121 cm³/mol. The van der Waals surface area contributed by atoms with Gasteiger partial charge in [0.1, 0.15) is 12.3 Å². The molecule has 7 nitrogen and oxygen atoms in total. The van der Waals surface area contributed by atoms with Crippen LogP contribution < -0.4 is 20.3 Å². The zero-order valence-electron chi connectivity index (χ0n) is 18.7. The number of amides is 3. The van der Waals surface area contributed by atoms with Crippen LogP contribution in [0.15, 0.2) is 18.2 Å². The fraction of sp³-hybridized carbons (Fsp3) is 0.625. The second kappa shape index (κ2) is 11.2. The number of ether oxygens (including phenoxy) is 1. The van der Waals surface area contributed by atoms with Gasteiger partial charge in [0.05, 0.1) is 5.69 Å². The summed E-state index contributed by atoms with van der Waals surface area (Å²) in [4.78, 5) is 38.8. The van der Waals surface area contributed by atoms with Crippen LogP contribution in [0.2, 0.25) is 0 Å². The van der Waals surface area contributed by atoms with Crippen molar-refractivity contribution < 1.29 is 19.1 Å². The van der Waals surface area contributed by atoms with Crippen molar-refractivity contribution in [1.82, 2.24) is 5.32 Å². The van der Waals surface area contributed by atoms with Crippen molar-refractivity contribution in [1.29, 1.82) is 0 Å². The van der Waals surface area contributed by atoms with E-state index in [0.29, 0.717) is 23.7 Å². The zero-order valence-corrected chi connectivity index (χ0v) is 18.7. The number of hydrogen-bond acceptors (Lipinski definition) is 4. The van der Waals surface area contributed by atoms with Gasteiger partial charge in [-0.1, -0.05) is 33.1 Å². The maximum absolute atomic E-state index is 12.8. The molecule has 7 heteroatoms. The summed E-state index contributed by atoms with van der Waals surface area (Å²) in [5.41, 5.74) is 1.14. The van der Waals surface area contributed by atoms with E-state index in [9.17, 15) is 14.4 Å². The first kappa shape index (κ1) is 23.1. The summed E-state index contributed by atoms with van der Waals surface area (Å²) >= 11 is 0. The molecule has 0 unspecified atom stereocenters. The third kappa shape index (κ3) is 6.21. The Morgan fingerprint density at radius 1 is 1.13 bits per heavy atom. The number of unbranched alkanes of at least 4 members (excludes halogenated alkanes) is 1. The second-order valence-electron chi connectivity index (χ2n) is 8.65. The van der Waals surface area contributed by atoms with Crippen LogP contribution in [0.5, 0.6) is 5.75 Å². The lowest BCUT2D eigenvalue weighted by molar-refractivity contribution is -0.125. The summed E-state index contributed by atoms with van der Waals surface area (Å²) in [6, 6.07) is 5.26. The number of rotatable bonds is 9. The minimum absolute atomic E-state index is 0.0303. The van der Waals surface area contributed by atoms with Crippen LogP contribution in [0.25, 0.3) is 0 Å². The summed E-state index contributed by atoms with van der Waals surface area (Å²) in [5.74, 6) is 0.873. The summed E-state index contributed by atoms with van der Waals surface area (Å²) in [6.07, 6.45) is 8.68. The summed E-state index contributed by atoms with van der Waals surface area (Å²) < 4.78 is 5.51. The van der Waals surface area contributed by atoms with E-state index >= 15 is 0 Å². The smallest absolute Gasteiger partial charge is 0.265 e. The van der Waals surface area contributed by atoms with E-state index in [1.54, 1.807) is 18.2 Å². The van der Waals surface area contributed by atoms with Crippen LogP contribution in [-0.4, -0.2) is 37.4 Å². The molecule has 2 aliphatic rings. The van der Waals surface area contributed by atoms with E-state index in [0.717, 1.165) is 38.0 Å². The third-order valence-electron chi connectivity index (χ3n) is 6.23. The molecule has 0 bridgehead atoms. The molecule has 1 heterocycles. The van der Waals surface area contributed by atoms with Crippen molar-refractivity contribution in [3.05, 3.63) is 18.2 Å². The third-order valence-corrected chi connectivity index (χ3v) is 6.23. The molecule has 1 aromatic rings. The average molecular weight is 430 g/mol. The highest BCUT2D eigenvalue weighted by atomic mass is 16.5. The van der Waals surface area contributed by atoms with Crippen LogP contribution in [0, 0.1) is 11.8 Å². The number of anilines is 2. The molecule has 170 valence electrons. The Morgan fingerprint density at radius 3 is 2.61 bits per heavy atom. The van der Waals surface area contributed by atoms with Gasteiger partial charge >= 0.3 is 0 Å². The van der Waals surface area contributed by atoms with Crippen LogP contribution in [0.3, 0.4) is 0 Å². The van der Waals surface area contributed by atoms with Gasteiger partial charge < -0.3 is 15.4 Å². The molecule has 1 aliphatic carbocycles. The summed E-state index contributed by atoms with van der Waals surface area (Å²) in [7, 11) is 0. The van der Waals surface area contributed by atoms with Gasteiger partial charge in [0.15, 0.2) is 6.61 Å². The Labute approximate surface area is 184 Å². The lowest BCUT2D eigenvalue weighted by Gasteiger charge is -2.30. The van der Waals surface area contributed by atoms with E-state index in [1.165, 1.54) is 24.2 Å². The predicted octanol–water partition coefficient (Wildman–Crippen LogP) is 3.87.